The number of ether oxygens (including phenoxy) is 1. The highest BCUT2D eigenvalue weighted by Gasteiger charge is 2.32. The van der Waals surface area contributed by atoms with Crippen molar-refractivity contribution in [2.24, 2.45) is 0 Å². The van der Waals surface area contributed by atoms with Gasteiger partial charge in [-0.25, -0.2) is 8.42 Å². The normalized spacial score (nSPS) is 17.1. The van der Waals surface area contributed by atoms with Crippen molar-refractivity contribution in [3.8, 4) is 5.75 Å². The summed E-state index contributed by atoms with van der Waals surface area (Å²) in [7, 11) is -2.02. The molecular formula is C22H25N3O4S. The first-order valence-electron chi connectivity index (χ1n) is 9.90. The fourth-order valence-electron chi connectivity index (χ4n) is 3.89. The number of H-pyrrole nitrogens is 1. The van der Waals surface area contributed by atoms with Gasteiger partial charge in [-0.1, -0.05) is 18.2 Å². The highest BCUT2D eigenvalue weighted by Crippen LogP contribution is 2.23. The molecule has 3 aromatic rings. The number of nitrogens with zero attached hydrogens (tertiary/aromatic N) is 2. The number of piperazine rings is 1. The first-order chi connectivity index (χ1) is 14.4. The molecule has 158 valence electrons. The molecule has 1 atom stereocenters. The topological polar surface area (TPSA) is 82.7 Å². The third-order valence-electron chi connectivity index (χ3n) is 5.75. The maximum absolute atomic E-state index is 13.1. The summed E-state index contributed by atoms with van der Waals surface area (Å²) in [6.07, 6.45) is 1.76. The van der Waals surface area contributed by atoms with Crippen LogP contribution in [0.1, 0.15) is 17.3 Å². The molecule has 0 unspecified atom stereocenters. The molecule has 1 aliphatic rings. The summed E-state index contributed by atoms with van der Waals surface area (Å²) >= 11 is 0. The minimum Gasteiger partial charge on any atom is -0.497 e. The number of hydrogen-bond acceptors (Lipinski definition) is 5. The van der Waals surface area contributed by atoms with Gasteiger partial charge in [-0.3, -0.25) is 9.69 Å². The lowest BCUT2D eigenvalue weighted by atomic mass is 10.0. The Hall–Kier alpha value is -2.68. The first-order valence-corrected chi connectivity index (χ1v) is 11.3. The Morgan fingerprint density at radius 3 is 2.37 bits per heavy atom. The second kappa shape index (κ2) is 8.22. The SMILES string of the molecule is COc1ccc(S(=O)(=O)N2CCN([C@H](C)C(=O)c3c[nH]c4ccccc34)CC2)cc1. The van der Waals surface area contributed by atoms with E-state index in [1.807, 2.05) is 36.1 Å². The lowest BCUT2D eigenvalue weighted by molar-refractivity contribution is 0.0784. The second-order valence-electron chi connectivity index (χ2n) is 7.40. The first kappa shape index (κ1) is 20.6. The number of nitrogens with one attached hydrogen (secondary N) is 1. The third kappa shape index (κ3) is 3.74. The van der Waals surface area contributed by atoms with Crippen molar-refractivity contribution >= 4 is 26.7 Å². The van der Waals surface area contributed by atoms with Gasteiger partial charge in [0.1, 0.15) is 5.75 Å². The van der Waals surface area contributed by atoms with Crippen molar-refractivity contribution in [1.82, 2.24) is 14.2 Å². The number of carbonyl (C=O) groups excluding carboxylic acids is 1. The summed E-state index contributed by atoms with van der Waals surface area (Å²) in [5.74, 6) is 0.655. The van der Waals surface area contributed by atoms with Gasteiger partial charge in [-0.2, -0.15) is 4.31 Å². The number of para-hydroxylation sites is 1. The van der Waals surface area contributed by atoms with Crippen LogP contribution in [0.3, 0.4) is 0 Å². The van der Waals surface area contributed by atoms with Gasteiger partial charge in [0.2, 0.25) is 10.0 Å². The molecular weight excluding hydrogens is 402 g/mol. The van der Waals surface area contributed by atoms with Crippen LogP contribution in [0.4, 0.5) is 0 Å². The third-order valence-corrected chi connectivity index (χ3v) is 7.67. The van der Waals surface area contributed by atoms with E-state index in [1.54, 1.807) is 37.6 Å². The van der Waals surface area contributed by atoms with Gasteiger partial charge >= 0.3 is 0 Å². The molecule has 0 saturated carbocycles. The number of Topliss-reactive ketones (excluding diaryl/α,β-unsaturated/α-hetero) is 1. The molecule has 7 nitrogen and oxygen atoms in total. The zero-order valence-electron chi connectivity index (χ0n) is 17.0. The Balaban J connectivity index is 1.44. The van der Waals surface area contributed by atoms with Gasteiger partial charge in [0.15, 0.2) is 5.78 Å². The van der Waals surface area contributed by atoms with Crippen LogP contribution in [0, 0.1) is 0 Å². The molecule has 8 heteroatoms. The minimum absolute atomic E-state index is 0.0407. The average Bonchev–Trinajstić information content (AvgIpc) is 3.22. The van der Waals surface area contributed by atoms with Crippen molar-refractivity contribution in [3.63, 3.8) is 0 Å². The zero-order valence-corrected chi connectivity index (χ0v) is 17.9. The fraction of sp³-hybridized carbons (Fsp3) is 0.318. The molecule has 0 spiro atoms. The van der Waals surface area contributed by atoms with Gasteiger partial charge in [0.25, 0.3) is 0 Å². The second-order valence-corrected chi connectivity index (χ2v) is 9.34. The van der Waals surface area contributed by atoms with E-state index in [0.717, 1.165) is 10.9 Å². The van der Waals surface area contributed by atoms with E-state index >= 15 is 0 Å². The van der Waals surface area contributed by atoms with Crippen LogP contribution in [0.5, 0.6) is 5.75 Å². The van der Waals surface area contributed by atoms with E-state index in [4.69, 9.17) is 4.74 Å². The van der Waals surface area contributed by atoms with Gasteiger partial charge in [0, 0.05) is 48.8 Å². The standard InChI is InChI=1S/C22H25N3O4S/c1-16(22(26)20-15-23-21-6-4-3-5-19(20)21)24-11-13-25(14-12-24)30(27,28)18-9-7-17(29-2)8-10-18/h3-10,15-16,23H,11-14H2,1-2H3/t16-/m1/s1. The van der Waals surface area contributed by atoms with Crippen LogP contribution in [0.15, 0.2) is 59.6 Å². The number of fused-ring (bicyclic) bond motifs is 1. The highest BCUT2D eigenvalue weighted by molar-refractivity contribution is 7.89. The minimum atomic E-state index is -3.57. The van der Waals surface area contributed by atoms with Crippen LogP contribution >= 0.6 is 0 Å². The summed E-state index contributed by atoms with van der Waals surface area (Å²) in [6.45, 7) is 3.59. The van der Waals surface area contributed by atoms with Crippen LogP contribution in [-0.4, -0.2) is 67.7 Å². The molecule has 30 heavy (non-hydrogen) atoms. The monoisotopic (exact) mass is 427 g/mol. The molecule has 1 N–H and O–H groups in total. The predicted molar refractivity (Wildman–Crippen MR) is 115 cm³/mol. The number of ketones is 1. The molecule has 1 fully saturated rings. The molecule has 2 heterocycles. The fourth-order valence-corrected chi connectivity index (χ4v) is 5.32. The highest BCUT2D eigenvalue weighted by atomic mass is 32.2. The number of hydrogen-bond donors (Lipinski definition) is 1. The Labute approximate surface area is 176 Å². The molecule has 0 radical (unpaired) electrons. The van der Waals surface area contributed by atoms with Gasteiger partial charge < -0.3 is 9.72 Å². The summed E-state index contributed by atoms with van der Waals surface area (Å²) < 4.78 is 32.4. The summed E-state index contributed by atoms with van der Waals surface area (Å²) in [5.41, 5.74) is 1.61. The maximum Gasteiger partial charge on any atom is 0.243 e. The van der Waals surface area contributed by atoms with Crippen molar-refractivity contribution in [2.45, 2.75) is 17.9 Å². The van der Waals surface area contributed by atoms with Gasteiger partial charge in [0.05, 0.1) is 18.0 Å². The quantitative estimate of drug-likeness (QED) is 0.612. The number of sulfonamides is 1. The summed E-state index contributed by atoms with van der Waals surface area (Å²) in [4.78, 5) is 18.5. The Bertz CT molecular complexity index is 1150. The average molecular weight is 428 g/mol. The Morgan fingerprint density at radius 1 is 1.03 bits per heavy atom. The number of methoxy groups -OCH3 is 1. The largest absolute Gasteiger partial charge is 0.497 e. The lowest BCUT2D eigenvalue weighted by Gasteiger charge is -2.36. The van der Waals surface area contributed by atoms with E-state index in [0.29, 0.717) is 37.5 Å². The van der Waals surface area contributed by atoms with Crippen LogP contribution in [-0.2, 0) is 10.0 Å². The number of rotatable bonds is 6. The Morgan fingerprint density at radius 2 is 1.70 bits per heavy atom. The van der Waals surface area contributed by atoms with Crippen molar-refractivity contribution in [3.05, 3.63) is 60.3 Å². The number of aromatic amines is 1. The molecule has 4 rings (SSSR count). The summed E-state index contributed by atoms with van der Waals surface area (Å²) in [5, 5.41) is 0.912. The van der Waals surface area contributed by atoms with E-state index in [9.17, 15) is 13.2 Å². The van der Waals surface area contributed by atoms with Crippen molar-refractivity contribution in [1.29, 1.82) is 0 Å². The summed E-state index contributed by atoms with van der Waals surface area (Å²) in [6, 6.07) is 13.8. The van der Waals surface area contributed by atoms with E-state index < -0.39 is 10.0 Å². The van der Waals surface area contributed by atoms with Crippen LogP contribution in [0.25, 0.3) is 10.9 Å². The van der Waals surface area contributed by atoms with E-state index in [2.05, 4.69) is 4.98 Å². The maximum atomic E-state index is 13.1. The molecule has 0 bridgehead atoms. The Kier molecular flexibility index (Phi) is 5.64. The lowest BCUT2D eigenvalue weighted by Crippen LogP contribution is -2.53. The van der Waals surface area contributed by atoms with Crippen LogP contribution in [0.2, 0.25) is 0 Å². The molecule has 1 aliphatic heterocycles. The molecule has 0 amide bonds. The molecule has 1 saturated heterocycles. The smallest absolute Gasteiger partial charge is 0.243 e. The molecule has 2 aromatic carbocycles. The van der Waals surface area contributed by atoms with Crippen molar-refractivity contribution in [2.75, 3.05) is 33.3 Å². The number of aromatic nitrogens is 1. The van der Waals surface area contributed by atoms with Gasteiger partial charge in [-0.05, 0) is 37.3 Å². The zero-order chi connectivity index (χ0) is 21.3. The molecule has 0 aliphatic carbocycles. The number of carbonyl (C=O) groups is 1. The van der Waals surface area contributed by atoms with Crippen LogP contribution < -0.4 is 4.74 Å². The number of benzene rings is 2. The predicted octanol–water partition coefficient (Wildman–Crippen LogP) is 2.75. The van der Waals surface area contributed by atoms with E-state index in [-0.39, 0.29) is 16.7 Å². The van der Waals surface area contributed by atoms with Gasteiger partial charge in [-0.15, -0.1) is 0 Å². The molecule has 1 aromatic heterocycles. The van der Waals surface area contributed by atoms with E-state index in [1.165, 1.54) is 4.31 Å². The van der Waals surface area contributed by atoms with Crippen molar-refractivity contribution < 1.29 is 17.9 Å².